The topological polar surface area (TPSA) is 9.72 Å². The highest BCUT2D eigenvalue weighted by atomic mass is 15.3. The maximum atomic E-state index is 2.98. The van der Waals surface area contributed by atoms with Crippen molar-refractivity contribution in [2.24, 2.45) is 0 Å². The van der Waals surface area contributed by atoms with Gasteiger partial charge in [-0.15, -0.1) is 0 Å². The molecule has 0 radical (unpaired) electrons. The van der Waals surface area contributed by atoms with Gasteiger partial charge in [-0.25, -0.2) is 0 Å². The van der Waals surface area contributed by atoms with Crippen LogP contribution in [0.4, 0.5) is 39.8 Å². The van der Waals surface area contributed by atoms with Crippen LogP contribution < -0.4 is 31.1 Å². The van der Waals surface area contributed by atoms with Gasteiger partial charge in [0.15, 0.2) is 0 Å². The van der Waals surface area contributed by atoms with Crippen molar-refractivity contribution < 1.29 is 0 Å². The second kappa shape index (κ2) is 16.9. The molecule has 4 aliphatic heterocycles. The number of fused-ring (bicyclic) bond motifs is 13. The first kappa shape index (κ1) is 50.6. The van der Waals surface area contributed by atoms with E-state index in [0.29, 0.717) is 0 Å². The monoisotopic (exact) mass is 1060 g/mol. The molecule has 2 aliphatic carbocycles. The third kappa shape index (κ3) is 6.77. The zero-order valence-electron chi connectivity index (χ0n) is 50.0. The van der Waals surface area contributed by atoms with Crippen LogP contribution in [0.15, 0.2) is 182 Å². The van der Waals surface area contributed by atoms with Gasteiger partial charge in [-0.2, -0.15) is 0 Å². The van der Waals surface area contributed by atoms with Crippen molar-refractivity contribution in [3.05, 3.63) is 226 Å². The fourth-order valence-electron chi connectivity index (χ4n) is 17.1. The fourth-order valence-corrected chi connectivity index (χ4v) is 17.1. The van der Waals surface area contributed by atoms with E-state index in [1.54, 1.807) is 0 Å². The highest BCUT2D eigenvalue weighted by molar-refractivity contribution is 7.00. The normalized spacial score (nSPS) is 23.1. The molecule has 4 heterocycles. The Balaban J connectivity index is 1.12. The van der Waals surface area contributed by atoms with E-state index in [0.717, 1.165) is 25.7 Å². The van der Waals surface area contributed by atoms with Crippen molar-refractivity contribution in [2.45, 2.75) is 160 Å². The molecule has 4 unspecified atom stereocenters. The van der Waals surface area contributed by atoms with Gasteiger partial charge >= 0.3 is 0 Å². The van der Waals surface area contributed by atoms with Gasteiger partial charge in [0.25, 0.3) is 6.71 Å². The minimum atomic E-state index is -0.387. The highest BCUT2D eigenvalue weighted by Crippen LogP contribution is 2.68. The largest absolute Gasteiger partial charge is 0.335 e. The smallest absolute Gasteiger partial charge is 0.252 e. The van der Waals surface area contributed by atoms with E-state index in [2.05, 4.69) is 280 Å². The van der Waals surface area contributed by atoms with E-state index < -0.39 is 0 Å². The molecule has 9 aromatic rings. The van der Waals surface area contributed by atoms with Gasteiger partial charge in [-0.05, 0) is 175 Å². The molecule has 1 saturated carbocycles. The third-order valence-corrected chi connectivity index (χ3v) is 21.6. The van der Waals surface area contributed by atoms with Crippen LogP contribution in [-0.4, -0.2) is 12.3 Å². The fraction of sp³-hybridized carbons (Fsp3) is 0.325. The third-order valence-electron chi connectivity index (χ3n) is 21.6. The molecule has 4 atom stereocenters. The summed E-state index contributed by atoms with van der Waals surface area (Å²) in [5, 5.41) is 2.51. The summed E-state index contributed by atoms with van der Waals surface area (Å²) in [5.74, 6) is 0. The Bertz CT molecular complexity index is 4110. The Morgan fingerprint density at radius 1 is 0.444 bits per heavy atom. The van der Waals surface area contributed by atoms with E-state index in [4.69, 9.17) is 0 Å². The number of hydrogen-bond acceptors (Lipinski definition) is 3. The molecular formula is C77H78BN3. The average molecular weight is 1060 g/mol. The van der Waals surface area contributed by atoms with Gasteiger partial charge in [0.05, 0.1) is 16.8 Å². The molecule has 0 saturated heterocycles. The molecule has 0 bridgehead atoms. The Labute approximate surface area is 483 Å². The Morgan fingerprint density at radius 2 is 1.07 bits per heavy atom. The molecular weight excluding hydrogens is 978 g/mol. The van der Waals surface area contributed by atoms with Crippen LogP contribution in [0.3, 0.4) is 0 Å². The SMILES string of the molecule is CC(C)(C)c1ccc2c(c1)B1c3cc(C(C)(C)C)cc4c3N(c3cc(N5c6ccccc6C6(C)CCc7ccccc7C56C)cc(c31)N2c1ccc(C(C)(C)C)cc1-c1ccc2ccccc2c1)C1(C)CCCCC41c1ccccc1. The van der Waals surface area contributed by atoms with Gasteiger partial charge in [0.2, 0.25) is 0 Å². The van der Waals surface area contributed by atoms with Gasteiger partial charge < -0.3 is 14.7 Å². The van der Waals surface area contributed by atoms with Crippen molar-refractivity contribution in [2.75, 3.05) is 14.7 Å². The Morgan fingerprint density at radius 3 is 1.83 bits per heavy atom. The van der Waals surface area contributed by atoms with Crippen molar-refractivity contribution in [3.8, 4) is 11.1 Å². The lowest BCUT2D eigenvalue weighted by atomic mass is 9.33. The van der Waals surface area contributed by atoms with Gasteiger partial charge in [-0.3, -0.25) is 0 Å². The molecule has 81 heavy (non-hydrogen) atoms. The maximum Gasteiger partial charge on any atom is 0.252 e. The van der Waals surface area contributed by atoms with Crippen molar-refractivity contribution in [1.29, 1.82) is 0 Å². The number of rotatable bonds is 4. The predicted molar refractivity (Wildman–Crippen MR) is 346 cm³/mol. The summed E-state index contributed by atoms with van der Waals surface area (Å²) in [7, 11) is 0. The molecule has 404 valence electrons. The molecule has 1 fully saturated rings. The minimum absolute atomic E-state index is 0.0263. The van der Waals surface area contributed by atoms with E-state index in [9.17, 15) is 0 Å². The first-order chi connectivity index (χ1) is 38.7. The summed E-state index contributed by atoms with van der Waals surface area (Å²) in [6, 6.07) is 72.5. The Kier molecular flexibility index (Phi) is 10.6. The van der Waals surface area contributed by atoms with E-state index in [1.807, 2.05) is 0 Å². The van der Waals surface area contributed by atoms with Crippen LogP contribution in [0.25, 0.3) is 21.9 Å². The molecule has 3 nitrogen and oxygen atoms in total. The number of benzene rings is 9. The van der Waals surface area contributed by atoms with Crippen LogP contribution in [0, 0.1) is 0 Å². The number of para-hydroxylation sites is 1. The summed E-state index contributed by atoms with van der Waals surface area (Å²) in [5.41, 5.74) is 26.0. The lowest BCUT2D eigenvalue weighted by molar-refractivity contribution is 0.215. The van der Waals surface area contributed by atoms with Gasteiger partial charge in [0, 0.05) is 50.5 Å². The van der Waals surface area contributed by atoms with E-state index in [-0.39, 0.29) is 44.9 Å². The first-order valence-corrected chi connectivity index (χ1v) is 30.5. The summed E-state index contributed by atoms with van der Waals surface area (Å²) >= 11 is 0. The Hall–Kier alpha value is -7.30. The number of nitrogens with zero attached hydrogens (tertiary/aromatic N) is 3. The first-order valence-electron chi connectivity index (χ1n) is 30.5. The quantitative estimate of drug-likeness (QED) is 0.163. The minimum Gasteiger partial charge on any atom is -0.335 e. The van der Waals surface area contributed by atoms with Crippen LogP contribution in [0.5, 0.6) is 0 Å². The summed E-state index contributed by atoms with van der Waals surface area (Å²) < 4.78 is 0. The van der Waals surface area contributed by atoms with Crippen LogP contribution in [0.1, 0.15) is 160 Å². The van der Waals surface area contributed by atoms with Crippen molar-refractivity contribution in [1.82, 2.24) is 0 Å². The summed E-state index contributed by atoms with van der Waals surface area (Å²) in [6.07, 6.45) is 6.73. The predicted octanol–water partition coefficient (Wildman–Crippen LogP) is 18.1. The molecule has 0 amide bonds. The number of hydrogen-bond donors (Lipinski definition) is 0. The second-order valence-electron chi connectivity index (χ2n) is 28.9. The molecule has 0 aromatic heterocycles. The van der Waals surface area contributed by atoms with Gasteiger partial charge in [0.1, 0.15) is 0 Å². The zero-order chi connectivity index (χ0) is 56.0. The van der Waals surface area contributed by atoms with Crippen LogP contribution in [-0.2, 0) is 39.0 Å². The highest BCUT2D eigenvalue weighted by Gasteiger charge is 2.65. The summed E-state index contributed by atoms with van der Waals surface area (Å²) in [4.78, 5) is 8.56. The lowest BCUT2D eigenvalue weighted by Crippen LogP contribution is -2.65. The molecule has 6 aliphatic rings. The van der Waals surface area contributed by atoms with Crippen molar-refractivity contribution >= 4 is 73.7 Å². The summed E-state index contributed by atoms with van der Waals surface area (Å²) in [6.45, 7) is 29.4. The van der Waals surface area contributed by atoms with Crippen LogP contribution in [0.2, 0.25) is 0 Å². The molecule has 15 rings (SSSR count). The zero-order valence-corrected chi connectivity index (χ0v) is 50.0. The molecule has 4 heteroatoms. The van der Waals surface area contributed by atoms with Crippen LogP contribution >= 0.6 is 0 Å². The lowest BCUT2D eigenvalue weighted by Gasteiger charge is -2.55. The van der Waals surface area contributed by atoms with Gasteiger partial charge in [-0.1, -0.05) is 222 Å². The number of anilines is 7. The second-order valence-corrected chi connectivity index (χ2v) is 28.9. The molecule has 0 spiro atoms. The van der Waals surface area contributed by atoms with E-state index >= 15 is 0 Å². The van der Waals surface area contributed by atoms with Crippen molar-refractivity contribution in [3.63, 3.8) is 0 Å². The maximum absolute atomic E-state index is 2.98. The standard InChI is InChI=1S/C77H78BN3/c1-71(2,3)54-34-36-64(58(43-54)52-33-32-49-24-16-17-26-51(49)42-52)79-66-37-35-55(72(4,5)6)45-62(66)78-63-46-56(73(7,8)9)44-61-70(63)81(75(11)39-22-23-40-77(61,75)53-27-14-13-15-28-53)68-48-57(47-67(79)69(68)78)80-65-31-21-20-30-60(65)74(10)41-38-50-25-18-19-29-59(50)76(74,80)12/h13-21,24-37,42-48H,22-23,38-41H2,1-12H3. The molecule has 0 N–H and O–H groups in total. The number of aryl methyl sites for hydroxylation is 1. The van der Waals surface area contributed by atoms with E-state index in [1.165, 1.54) is 135 Å². The molecule has 9 aromatic carbocycles. The average Bonchev–Trinajstić information content (AvgIpc) is 2.63.